The quantitative estimate of drug-likeness (QED) is 0.683. The van der Waals surface area contributed by atoms with Gasteiger partial charge in [-0.05, 0) is 30.2 Å². The van der Waals surface area contributed by atoms with E-state index < -0.39 is 18.0 Å². The smallest absolute Gasteiger partial charge is 0.338 e. The van der Waals surface area contributed by atoms with E-state index in [-0.39, 0.29) is 13.2 Å². The van der Waals surface area contributed by atoms with Crippen molar-refractivity contribution in [3.8, 4) is 0 Å². The molecule has 0 amide bonds. The number of methoxy groups -OCH3 is 3. The van der Waals surface area contributed by atoms with Crippen LogP contribution in [0.1, 0.15) is 33.2 Å². The van der Waals surface area contributed by atoms with Gasteiger partial charge in [0.15, 0.2) is 0 Å². The van der Waals surface area contributed by atoms with Gasteiger partial charge in [0.1, 0.15) is 6.10 Å². The topological polar surface area (TPSA) is 71.1 Å². The minimum Gasteiger partial charge on any atom is -0.465 e. The minimum atomic E-state index is -0.479. The molecule has 0 spiro atoms. The lowest BCUT2D eigenvalue weighted by Crippen LogP contribution is -2.28. The van der Waals surface area contributed by atoms with E-state index in [2.05, 4.69) is 4.74 Å². The van der Waals surface area contributed by atoms with Crippen molar-refractivity contribution < 1.29 is 28.5 Å². The summed E-state index contributed by atoms with van der Waals surface area (Å²) in [6, 6.07) is 4.76. The molecule has 0 aliphatic carbocycles. The summed E-state index contributed by atoms with van der Waals surface area (Å²) in [5, 5.41) is 0. The van der Waals surface area contributed by atoms with Gasteiger partial charge in [-0.15, -0.1) is 0 Å². The van der Waals surface area contributed by atoms with E-state index in [1.54, 1.807) is 18.2 Å². The SMILES string of the molecule is CCc1cc(C(=O)OC)ccc1C(=O)OC(COC)COC. The third-order valence-corrected chi connectivity index (χ3v) is 3.11. The molecule has 1 aromatic rings. The Kier molecular flexibility index (Phi) is 7.56. The highest BCUT2D eigenvalue weighted by Crippen LogP contribution is 2.16. The summed E-state index contributed by atoms with van der Waals surface area (Å²) < 4.78 is 20.1. The lowest BCUT2D eigenvalue weighted by atomic mass is 10.0. The van der Waals surface area contributed by atoms with E-state index in [1.807, 2.05) is 6.92 Å². The highest BCUT2D eigenvalue weighted by atomic mass is 16.6. The van der Waals surface area contributed by atoms with Gasteiger partial charge in [0.2, 0.25) is 0 Å². The van der Waals surface area contributed by atoms with Crippen LogP contribution in [0.4, 0.5) is 0 Å². The van der Waals surface area contributed by atoms with Crippen LogP contribution in [0.15, 0.2) is 18.2 Å². The fourth-order valence-electron chi connectivity index (χ4n) is 2.03. The number of benzene rings is 1. The standard InChI is InChI=1S/C16H22O6/c1-5-11-8-12(15(17)21-4)6-7-14(11)16(18)22-13(9-19-2)10-20-3/h6-8,13H,5,9-10H2,1-4H3. The van der Waals surface area contributed by atoms with Gasteiger partial charge in [-0.2, -0.15) is 0 Å². The summed E-state index contributed by atoms with van der Waals surface area (Å²) in [5.74, 6) is -0.904. The van der Waals surface area contributed by atoms with Gasteiger partial charge in [0, 0.05) is 14.2 Å². The predicted molar refractivity (Wildman–Crippen MR) is 80.1 cm³/mol. The lowest BCUT2D eigenvalue weighted by molar-refractivity contribution is -0.0224. The number of carbonyl (C=O) groups excluding carboxylic acids is 2. The van der Waals surface area contributed by atoms with Gasteiger partial charge in [-0.3, -0.25) is 0 Å². The molecule has 0 N–H and O–H groups in total. The fourth-order valence-corrected chi connectivity index (χ4v) is 2.03. The Balaban J connectivity index is 2.94. The van der Waals surface area contributed by atoms with Crippen molar-refractivity contribution in [1.82, 2.24) is 0 Å². The molecule has 0 bridgehead atoms. The molecule has 1 rings (SSSR count). The van der Waals surface area contributed by atoms with E-state index in [9.17, 15) is 9.59 Å². The van der Waals surface area contributed by atoms with Crippen molar-refractivity contribution in [2.75, 3.05) is 34.5 Å². The maximum absolute atomic E-state index is 12.3. The zero-order valence-electron chi connectivity index (χ0n) is 13.4. The zero-order chi connectivity index (χ0) is 16.5. The normalized spacial score (nSPS) is 10.6. The number of hydrogen-bond acceptors (Lipinski definition) is 6. The van der Waals surface area contributed by atoms with E-state index in [0.29, 0.717) is 17.5 Å². The van der Waals surface area contributed by atoms with Gasteiger partial charge in [-0.1, -0.05) is 6.92 Å². The number of rotatable bonds is 8. The van der Waals surface area contributed by atoms with E-state index in [0.717, 1.165) is 5.56 Å². The van der Waals surface area contributed by atoms with Crippen molar-refractivity contribution in [3.63, 3.8) is 0 Å². The molecule has 0 heterocycles. The maximum atomic E-state index is 12.3. The Labute approximate surface area is 130 Å². The number of carbonyl (C=O) groups is 2. The highest BCUT2D eigenvalue weighted by molar-refractivity contribution is 5.94. The third kappa shape index (κ3) is 4.82. The van der Waals surface area contributed by atoms with Crippen LogP contribution in [0.25, 0.3) is 0 Å². The molecule has 22 heavy (non-hydrogen) atoms. The second kappa shape index (κ2) is 9.17. The molecule has 0 saturated carbocycles. The molecule has 0 unspecified atom stereocenters. The number of esters is 2. The van der Waals surface area contributed by atoms with Crippen molar-refractivity contribution in [2.24, 2.45) is 0 Å². The number of ether oxygens (including phenoxy) is 4. The van der Waals surface area contributed by atoms with Crippen LogP contribution in [0.2, 0.25) is 0 Å². The highest BCUT2D eigenvalue weighted by Gasteiger charge is 2.19. The van der Waals surface area contributed by atoms with Crippen molar-refractivity contribution in [2.45, 2.75) is 19.4 Å². The van der Waals surface area contributed by atoms with Crippen molar-refractivity contribution in [1.29, 1.82) is 0 Å². The first-order valence-corrected chi connectivity index (χ1v) is 6.97. The molecule has 1 aromatic carbocycles. The van der Waals surface area contributed by atoms with Crippen LogP contribution in [-0.2, 0) is 25.4 Å². The van der Waals surface area contributed by atoms with Gasteiger partial charge in [0.05, 0.1) is 31.5 Å². The third-order valence-electron chi connectivity index (χ3n) is 3.11. The van der Waals surface area contributed by atoms with Crippen LogP contribution >= 0.6 is 0 Å². The van der Waals surface area contributed by atoms with Crippen molar-refractivity contribution >= 4 is 11.9 Å². The molecule has 6 heteroatoms. The summed E-state index contributed by atoms with van der Waals surface area (Å²) in [6.07, 6.45) is 0.113. The first-order valence-electron chi connectivity index (χ1n) is 6.97. The van der Waals surface area contributed by atoms with Crippen LogP contribution < -0.4 is 0 Å². The summed E-state index contributed by atoms with van der Waals surface area (Å²) in [5.41, 5.74) is 1.55. The molecule has 0 aliphatic heterocycles. The Morgan fingerprint density at radius 3 is 2.18 bits per heavy atom. The van der Waals surface area contributed by atoms with Crippen molar-refractivity contribution in [3.05, 3.63) is 34.9 Å². The van der Waals surface area contributed by atoms with Crippen LogP contribution in [-0.4, -0.2) is 52.6 Å². The van der Waals surface area contributed by atoms with Crippen LogP contribution in [0, 0.1) is 0 Å². The van der Waals surface area contributed by atoms with Gasteiger partial charge in [-0.25, -0.2) is 9.59 Å². The second-order valence-electron chi connectivity index (χ2n) is 4.66. The Morgan fingerprint density at radius 2 is 1.68 bits per heavy atom. The average Bonchev–Trinajstić information content (AvgIpc) is 2.53. The monoisotopic (exact) mass is 310 g/mol. The zero-order valence-corrected chi connectivity index (χ0v) is 13.4. The molecule has 122 valence electrons. The first-order chi connectivity index (χ1) is 10.6. The van der Waals surface area contributed by atoms with E-state index in [4.69, 9.17) is 14.2 Å². The molecule has 6 nitrogen and oxygen atoms in total. The van der Waals surface area contributed by atoms with Gasteiger partial charge < -0.3 is 18.9 Å². The second-order valence-corrected chi connectivity index (χ2v) is 4.66. The fraction of sp³-hybridized carbons (Fsp3) is 0.500. The number of hydrogen-bond donors (Lipinski definition) is 0. The average molecular weight is 310 g/mol. The molecule has 0 radical (unpaired) electrons. The molecular formula is C16H22O6. The van der Waals surface area contributed by atoms with Gasteiger partial charge in [0.25, 0.3) is 0 Å². The molecule has 0 fully saturated rings. The molecule has 0 aromatic heterocycles. The van der Waals surface area contributed by atoms with E-state index in [1.165, 1.54) is 21.3 Å². The minimum absolute atomic E-state index is 0.251. The summed E-state index contributed by atoms with van der Waals surface area (Å²) in [4.78, 5) is 23.8. The van der Waals surface area contributed by atoms with Crippen LogP contribution in [0.3, 0.4) is 0 Å². The predicted octanol–water partition coefficient (Wildman–Crippen LogP) is 1.85. The summed E-state index contributed by atoms with van der Waals surface area (Å²) in [6.45, 7) is 2.40. The molecular weight excluding hydrogens is 288 g/mol. The Hall–Kier alpha value is -1.92. The lowest BCUT2D eigenvalue weighted by Gasteiger charge is -2.17. The molecule has 0 saturated heterocycles. The largest absolute Gasteiger partial charge is 0.465 e. The Morgan fingerprint density at radius 1 is 1.05 bits per heavy atom. The maximum Gasteiger partial charge on any atom is 0.338 e. The number of aryl methyl sites for hydroxylation is 1. The summed E-state index contributed by atoms with van der Waals surface area (Å²) >= 11 is 0. The molecule has 0 atom stereocenters. The summed E-state index contributed by atoms with van der Waals surface area (Å²) in [7, 11) is 4.37. The van der Waals surface area contributed by atoms with Crippen LogP contribution in [0.5, 0.6) is 0 Å². The van der Waals surface area contributed by atoms with E-state index >= 15 is 0 Å². The van der Waals surface area contributed by atoms with Gasteiger partial charge >= 0.3 is 11.9 Å². The Bertz CT molecular complexity index is 505. The first kappa shape index (κ1) is 18.1. The molecule has 0 aliphatic rings.